The lowest BCUT2D eigenvalue weighted by atomic mass is 10.1. The van der Waals surface area contributed by atoms with Crippen molar-refractivity contribution in [2.75, 3.05) is 23.8 Å². The number of aromatic nitrogens is 1. The maximum Gasteiger partial charge on any atom is 0.261 e. The molecule has 2 N–H and O–H groups in total. The van der Waals surface area contributed by atoms with E-state index in [0.29, 0.717) is 23.1 Å². The highest BCUT2D eigenvalue weighted by atomic mass is 32.1. The van der Waals surface area contributed by atoms with Gasteiger partial charge in [-0.2, -0.15) is 0 Å². The Kier molecular flexibility index (Phi) is 6.59. The number of nitrogens with zero attached hydrogens (tertiary/aromatic N) is 1. The van der Waals surface area contributed by atoms with Gasteiger partial charge in [0.15, 0.2) is 5.13 Å². The first-order chi connectivity index (χ1) is 15.1. The second-order valence-corrected chi connectivity index (χ2v) is 8.05. The van der Waals surface area contributed by atoms with Crippen molar-refractivity contribution in [2.24, 2.45) is 0 Å². The van der Waals surface area contributed by atoms with Gasteiger partial charge < -0.3 is 14.8 Å². The molecular weight excluding hydrogens is 414 g/mol. The van der Waals surface area contributed by atoms with Crippen LogP contribution < -0.4 is 15.4 Å². The molecule has 0 spiro atoms. The number of anilines is 2. The summed E-state index contributed by atoms with van der Waals surface area (Å²) >= 11 is 1.35. The molecule has 2 amide bonds. The number of hydrogen-bond acceptors (Lipinski definition) is 6. The number of amides is 2. The second kappa shape index (κ2) is 9.72. The van der Waals surface area contributed by atoms with Gasteiger partial charge in [0.05, 0.1) is 17.4 Å². The molecule has 1 aliphatic heterocycles. The molecule has 1 aromatic heterocycles. The zero-order valence-electron chi connectivity index (χ0n) is 17.1. The first-order valence-electron chi connectivity index (χ1n) is 10.1. The van der Waals surface area contributed by atoms with Gasteiger partial charge in [-0.3, -0.25) is 14.9 Å². The highest BCUT2D eigenvalue weighted by Crippen LogP contribution is 2.27. The van der Waals surface area contributed by atoms with Crippen LogP contribution in [0, 0.1) is 0 Å². The number of rotatable bonds is 7. The maximum atomic E-state index is 12.8. The number of ether oxygens (including phenoxy) is 2. The number of benzene rings is 2. The summed E-state index contributed by atoms with van der Waals surface area (Å²) in [5, 5.41) is 7.96. The molecule has 0 saturated carbocycles. The van der Waals surface area contributed by atoms with Crippen LogP contribution in [0.15, 0.2) is 53.9 Å². The van der Waals surface area contributed by atoms with Crippen LogP contribution in [0.4, 0.5) is 10.8 Å². The number of hydrogen-bond donors (Lipinski definition) is 2. The molecule has 8 heteroatoms. The number of nitrogens with one attached hydrogen (secondary N) is 2. The summed E-state index contributed by atoms with van der Waals surface area (Å²) in [6, 6.07) is 14.5. The van der Waals surface area contributed by atoms with E-state index >= 15 is 0 Å². The summed E-state index contributed by atoms with van der Waals surface area (Å²) in [6.07, 6.45) is 2.09. The highest BCUT2D eigenvalue weighted by molar-refractivity contribution is 7.14. The van der Waals surface area contributed by atoms with Crippen molar-refractivity contribution in [3.05, 3.63) is 59.5 Å². The molecule has 1 unspecified atom stereocenters. The van der Waals surface area contributed by atoms with E-state index in [1.54, 1.807) is 18.2 Å². The molecule has 0 aliphatic carbocycles. The largest absolute Gasteiger partial charge is 0.490 e. The van der Waals surface area contributed by atoms with E-state index in [1.165, 1.54) is 18.3 Å². The van der Waals surface area contributed by atoms with Crippen LogP contribution in [0.2, 0.25) is 0 Å². The number of para-hydroxylation sites is 1. The average Bonchev–Trinajstić information content (AvgIpc) is 3.45. The third-order valence-electron chi connectivity index (χ3n) is 4.81. The van der Waals surface area contributed by atoms with Gasteiger partial charge in [-0.15, -0.1) is 11.3 Å². The van der Waals surface area contributed by atoms with Crippen molar-refractivity contribution in [2.45, 2.75) is 25.9 Å². The van der Waals surface area contributed by atoms with Crippen LogP contribution in [0.5, 0.6) is 5.75 Å². The Hall–Kier alpha value is -3.23. The van der Waals surface area contributed by atoms with Crippen molar-refractivity contribution in [1.82, 2.24) is 4.98 Å². The minimum Gasteiger partial charge on any atom is -0.490 e. The smallest absolute Gasteiger partial charge is 0.261 e. The Morgan fingerprint density at radius 3 is 2.71 bits per heavy atom. The van der Waals surface area contributed by atoms with Crippen molar-refractivity contribution >= 4 is 34.0 Å². The monoisotopic (exact) mass is 437 g/mol. The quantitative estimate of drug-likeness (QED) is 0.565. The summed E-state index contributed by atoms with van der Waals surface area (Å²) in [5.74, 6) is 0.136. The van der Waals surface area contributed by atoms with Gasteiger partial charge in [0, 0.05) is 30.2 Å². The lowest BCUT2D eigenvalue weighted by Crippen LogP contribution is -2.19. The minimum atomic E-state index is -0.273. The first-order valence-corrected chi connectivity index (χ1v) is 10.9. The first kappa shape index (κ1) is 21.0. The van der Waals surface area contributed by atoms with Crippen LogP contribution in [0.25, 0.3) is 11.3 Å². The molecule has 1 atom stereocenters. The maximum absolute atomic E-state index is 12.8. The molecule has 31 heavy (non-hydrogen) atoms. The second-order valence-electron chi connectivity index (χ2n) is 7.19. The van der Waals surface area contributed by atoms with Crippen molar-refractivity contribution < 1.29 is 19.1 Å². The van der Waals surface area contributed by atoms with Gasteiger partial charge >= 0.3 is 0 Å². The summed E-state index contributed by atoms with van der Waals surface area (Å²) < 4.78 is 11.4. The SMILES string of the molecule is CC(=O)Nc1ccc(-c2csc(NC(=O)c3ccccc3OCC3CCCO3)n2)cc1. The van der Waals surface area contributed by atoms with Crippen LogP contribution >= 0.6 is 11.3 Å². The predicted octanol–water partition coefficient (Wildman–Crippen LogP) is 4.58. The molecule has 1 fully saturated rings. The van der Waals surface area contributed by atoms with E-state index in [4.69, 9.17) is 9.47 Å². The van der Waals surface area contributed by atoms with Crippen LogP contribution in [-0.4, -0.2) is 36.1 Å². The zero-order valence-corrected chi connectivity index (χ0v) is 17.9. The molecule has 160 valence electrons. The Morgan fingerprint density at radius 1 is 1.16 bits per heavy atom. The average molecular weight is 438 g/mol. The summed E-state index contributed by atoms with van der Waals surface area (Å²) in [6.45, 7) is 2.66. The topological polar surface area (TPSA) is 89.6 Å². The number of thiazole rings is 1. The molecule has 1 aliphatic rings. The van der Waals surface area contributed by atoms with Gasteiger partial charge in [0.25, 0.3) is 5.91 Å². The minimum absolute atomic E-state index is 0.0784. The molecule has 2 aromatic carbocycles. The van der Waals surface area contributed by atoms with E-state index in [1.807, 2.05) is 35.7 Å². The van der Waals surface area contributed by atoms with E-state index in [-0.39, 0.29) is 17.9 Å². The fraction of sp³-hybridized carbons (Fsp3) is 0.261. The molecule has 7 nitrogen and oxygen atoms in total. The summed E-state index contributed by atoms with van der Waals surface area (Å²) in [4.78, 5) is 28.5. The van der Waals surface area contributed by atoms with E-state index in [0.717, 1.165) is 36.4 Å². The van der Waals surface area contributed by atoms with Gasteiger partial charge in [-0.25, -0.2) is 4.98 Å². The molecule has 0 bridgehead atoms. The van der Waals surface area contributed by atoms with Gasteiger partial charge in [-0.05, 0) is 37.1 Å². The molecule has 0 radical (unpaired) electrons. The zero-order chi connectivity index (χ0) is 21.6. The van der Waals surface area contributed by atoms with Gasteiger partial charge in [-0.1, -0.05) is 24.3 Å². The molecular formula is C23H23N3O4S. The Morgan fingerprint density at radius 2 is 1.97 bits per heavy atom. The lowest BCUT2D eigenvalue weighted by molar-refractivity contribution is -0.114. The third-order valence-corrected chi connectivity index (χ3v) is 5.56. The lowest BCUT2D eigenvalue weighted by Gasteiger charge is -2.14. The fourth-order valence-electron chi connectivity index (χ4n) is 3.29. The van der Waals surface area contributed by atoms with Crippen LogP contribution in [0.3, 0.4) is 0 Å². The molecule has 4 rings (SSSR count). The van der Waals surface area contributed by atoms with Crippen LogP contribution in [-0.2, 0) is 9.53 Å². The normalized spacial score (nSPS) is 15.5. The Labute approximate surface area is 184 Å². The molecule has 3 aromatic rings. The number of carbonyl (C=O) groups excluding carboxylic acids is 2. The van der Waals surface area contributed by atoms with E-state index in [2.05, 4.69) is 15.6 Å². The van der Waals surface area contributed by atoms with E-state index < -0.39 is 0 Å². The van der Waals surface area contributed by atoms with Gasteiger partial charge in [0.1, 0.15) is 12.4 Å². The molecule has 1 saturated heterocycles. The fourth-order valence-corrected chi connectivity index (χ4v) is 4.01. The summed E-state index contributed by atoms with van der Waals surface area (Å²) in [5.41, 5.74) is 2.82. The highest BCUT2D eigenvalue weighted by Gasteiger charge is 2.19. The van der Waals surface area contributed by atoms with Crippen molar-refractivity contribution in [3.8, 4) is 17.0 Å². The van der Waals surface area contributed by atoms with Crippen molar-refractivity contribution in [1.29, 1.82) is 0 Å². The third kappa shape index (κ3) is 5.48. The Bertz CT molecular complexity index is 1060. The number of carbonyl (C=O) groups is 2. The van der Waals surface area contributed by atoms with Crippen LogP contribution in [0.1, 0.15) is 30.1 Å². The van der Waals surface area contributed by atoms with Gasteiger partial charge in [0.2, 0.25) is 5.91 Å². The standard InChI is InChI=1S/C23H23N3O4S/c1-15(27)24-17-10-8-16(9-11-17)20-14-31-23(25-20)26-22(28)19-6-2-3-7-21(19)30-13-18-5-4-12-29-18/h2-3,6-11,14,18H,4-5,12-13H2,1H3,(H,24,27)(H,25,26,28). The van der Waals surface area contributed by atoms with Crippen molar-refractivity contribution in [3.63, 3.8) is 0 Å². The Balaban J connectivity index is 1.41. The predicted molar refractivity (Wildman–Crippen MR) is 121 cm³/mol. The van der Waals surface area contributed by atoms with E-state index in [9.17, 15) is 9.59 Å². The summed E-state index contributed by atoms with van der Waals surface area (Å²) in [7, 11) is 0. The molecule has 2 heterocycles.